The molecule has 6 heterocycles. The normalized spacial score (nSPS) is 11.6. The standard InChI is InChI=1S/2C40H25N3S/c1-3-11-26(12-4-1)33-25-34(42-40(41-33)28-13-5-2-6-14-28)27-19-21-29(22-20-27)43-35-17-9-7-15-30(35)31-23-24-37-38(39(31)43)32-16-8-10-18-36(32)44-37;1-3-11-26(12-4-1)33-25-34(27-13-5-2-6-14-27)42-40(41-33)28-19-21-29(22-20-28)43-35-17-9-7-15-30(35)31-23-24-37-38(39(31)43)32-16-8-10-18-36(32)44-37/h2*1-25H. The number of rotatable bonds is 8. The molecule has 0 aliphatic heterocycles. The van der Waals surface area contributed by atoms with Crippen molar-refractivity contribution in [1.82, 2.24) is 29.1 Å². The van der Waals surface area contributed by atoms with Gasteiger partial charge in [-0.2, -0.15) is 0 Å². The second-order valence-corrected chi connectivity index (χ2v) is 24.2. The van der Waals surface area contributed by atoms with Crippen LogP contribution in [0.25, 0.3) is 163 Å². The molecule has 88 heavy (non-hydrogen) atoms. The lowest BCUT2D eigenvalue weighted by atomic mass is 10.1. The van der Waals surface area contributed by atoms with Gasteiger partial charge in [0, 0.05) is 107 Å². The summed E-state index contributed by atoms with van der Waals surface area (Å²) in [6.07, 6.45) is 0. The van der Waals surface area contributed by atoms with Crippen molar-refractivity contribution >= 4 is 107 Å². The Hall–Kier alpha value is -11.2. The van der Waals surface area contributed by atoms with Crippen LogP contribution in [0.3, 0.4) is 0 Å². The van der Waals surface area contributed by atoms with Gasteiger partial charge in [-0.15, -0.1) is 22.7 Å². The van der Waals surface area contributed by atoms with E-state index in [1.807, 2.05) is 95.5 Å². The van der Waals surface area contributed by atoms with Crippen LogP contribution in [0.2, 0.25) is 0 Å². The van der Waals surface area contributed by atoms with E-state index in [9.17, 15) is 0 Å². The molecule has 0 N–H and O–H groups in total. The maximum absolute atomic E-state index is 5.04. The van der Waals surface area contributed by atoms with Gasteiger partial charge in [0.05, 0.1) is 44.8 Å². The maximum atomic E-state index is 5.04. The molecule has 0 spiro atoms. The molecule has 0 unspecified atom stereocenters. The maximum Gasteiger partial charge on any atom is 0.160 e. The third-order valence-electron chi connectivity index (χ3n) is 16.8. The van der Waals surface area contributed by atoms with Crippen molar-refractivity contribution in [3.8, 4) is 79.2 Å². The Balaban J connectivity index is 0.000000137. The molecule has 0 fully saturated rings. The predicted molar refractivity (Wildman–Crippen MR) is 371 cm³/mol. The Morgan fingerprint density at radius 3 is 0.932 bits per heavy atom. The highest BCUT2D eigenvalue weighted by Crippen LogP contribution is 2.45. The van der Waals surface area contributed by atoms with Gasteiger partial charge in [0.1, 0.15) is 0 Å². The van der Waals surface area contributed by atoms with Crippen LogP contribution >= 0.6 is 22.7 Å². The summed E-state index contributed by atoms with van der Waals surface area (Å²) < 4.78 is 10.1. The number of fused-ring (bicyclic) bond motifs is 14. The molecule has 0 atom stereocenters. The molecule has 0 saturated carbocycles. The van der Waals surface area contributed by atoms with Crippen molar-refractivity contribution in [1.29, 1.82) is 0 Å². The summed E-state index contributed by atoms with van der Waals surface area (Å²) in [5, 5.41) is 10.3. The molecule has 0 saturated heterocycles. The van der Waals surface area contributed by atoms with Gasteiger partial charge in [0.2, 0.25) is 0 Å². The molecular weight excluding hydrogens is 1110 g/mol. The average Bonchev–Trinajstić information content (AvgIpc) is 1.63. The SMILES string of the molecule is c1ccc(-c2cc(-c3ccc(-n4c5ccccc5c5ccc6sc7ccccc7c6c54)cc3)nc(-c3ccccc3)n2)cc1.c1ccc(-c2cc(-c3ccccc3)nc(-c3ccc(-n4c5ccccc5c5ccc6sc7ccccc7c6c54)cc3)n2)cc1. The molecule has 8 heteroatoms. The number of hydrogen-bond donors (Lipinski definition) is 0. The van der Waals surface area contributed by atoms with E-state index in [0.717, 1.165) is 73.4 Å². The highest BCUT2D eigenvalue weighted by Gasteiger charge is 2.21. The zero-order valence-corrected chi connectivity index (χ0v) is 49.0. The van der Waals surface area contributed by atoms with Crippen LogP contribution < -0.4 is 0 Å². The van der Waals surface area contributed by atoms with Crippen molar-refractivity contribution in [3.63, 3.8) is 0 Å². The minimum absolute atomic E-state index is 0.713. The van der Waals surface area contributed by atoms with Crippen LogP contribution in [0.1, 0.15) is 0 Å². The molecule has 0 amide bonds. The topological polar surface area (TPSA) is 61.4 Å². The number of para-hydroxylation sites is 2. The van der Waals surface area contributed by atoms with E-state index in [1.165, 1.54) is 84.0 Å². The molecule has 12 aromatic carbocycles. The number of benzene rings is 12. The van der Waals surface area contributed by atoms with E-state index in [1.54, 1.807) is 0 Å². The summed E-state index contributed by atoms with van der Waals surface area (Å²) in [5.74, 6) is 1.44. The summed E-state index contributed by atoms with van der Waals surface area (Å²) >= 11 is 3.72. The van der Waals surface area contributed by atoms with E-state index >= 15 is 0 Å². The van der Waals surface area contributed by atoms with Gasteiger partial charge < -0.3 is 9.13 Å². The summed E-state index contributed by atoms with van der Waals surface area (Å²) in [4.78, 5) is 20.1. The van der Waals surface area contributed by atoms with Crippen LogP contribution in [0.5, 0.6) is 0 Å². The number of aromatic nitrogens is 6. The number of hydrogen-bond acceptors (Lipinski definition) is 6. The first-order valence-electron chi connectivity index (χ1n) is 29.5. The Labute approximate surface area is 514 Å². The first-order chi connectivity index (χ1) is 43.6. The average molecular weight is 1160 g/mol. The molecular formula is C80H50N6S2. The van der Waals surface area contributed by atoms with Gasteiger partial charge in [-0.3, -0.25) is 0 Å². The fourth-order valence-electron chi connectivity index (χ4n) is 12.8. The molecule has 18 aromatic rings. The molecule has 0 radical (unpaired) electrons. The van der Waals surface area contributed by atoms with Crippen molar-refractivity contribution in [2.75, 3.05) is 0 Å². The zero-order valence-electron chi connectivity index (χ0n) is 47.4. The fourth-order valence-corrected chi connectivity index (χ4v) is 15.0. The minimum atomic E-state index is 0.713. The summed E-state index contributed by atoms with van der Waals surface area (Å²) in [7, 11) is 0. The van der Waals surface area contributed by atoms with Crippen molar-refractivity contribution in [2.45, 2.75) is 0 Å². The molecule has 6 aromatic heterocycles. The van der Waals surface area contributed by atoms with E-state index in [4.69, 9.17) is 19.9 Å². The van der Waals surface area contributed by atoms with E-state index < -0.39 is 0 Å². The fraction of sp³-hybridized carbons (Fsp3) is 0. The van der Waals surface area contributed by atoms with Crippen LogP contribution in [-0.2, 0) is 0 Å². The number of thiophene rings is 2. The van der Waals surface area contributed by atoms with Crippen molar-refractivity contribution in [3.05, 3.63) is 303 Å². The smallest absolute Gasteiger partial charge is 0.160 e. The molecule has 6 nitrogen and oxygen atoms in total. The molecule has 0 aliphatic rings. The highest BCUT2D eigenvalue weighted by molar-refractivity contribution is 7.26. The van der Waals surface area contributed by atoms with Crippen molar-refractivity contribution in [2.24, 2.45) is 0 Å². The zero-order chi connectivity index (χ0) is 58.1. The molecule has 0 bridgehead atoms. The van der Waals surface area contributed by atoms with Gasteiger partial charge >= 0.3 is 0 Å². The van der Waals surface area contributed by atoms with Crippen LogP contribution in [-0.4, -0.2) is 29.1 Å². The third-order valence-corrected chi connectivity index (χ3v) is 19.1. The van der Waals surface area contributed by atoms with Gasteiger partial charge in [0.15, 0.2) is 11.6 Å². The molecule has 0 aliphatic carbocycles. The largest absolute Gasteiger partial charge is 0.309 e. The predicted octanol–water partition coefficient (Wildman–Crippen LogP) is 21.9. The Kier molecular flexibility index (Phi) is 12.5. The first-order valence-corrected chi connectivity index (χ1v) is 31.2. The van der Waals surface area contributed by atoms with Crippen molar-refractivity contribution < 1.29 is 0 Å². The molecule has 412 valence electrons. The van der Waals surface area contributed by atoms with E-state index in [-0.39, 0.29) is 0 Å². The summed E-state index contributed by atoms with van der Waals surface area (Å²) in [6.45, 7) is 0. The van der Waals surface area contributed by atoms with E-state index in [0.29, 0.717) is 5.82 Å². The van der Waals surface area contributed by atoms with Gasteiger partial charge in [-0.05, 0) is 84.9 Å². The van der Waals surface area contributed by atoms with Gasteiger partial charge in [0.25, 0.3) is 0 Å². The lowest BCUT2D eigenvalue weighted by molar-refractivity contribution is 1.17. The van der Waals surface area contributed by atoms with Gasteiger partial charge in [-0.25, -0.2) is 19.9 Å². The lowest BCUT2D eigenvalue weighted by Gasteiger charge is -2.12. The first kappa shape index (κ1) is 51.3. The number of nitrogens with zero attached hydrogens (tertiary/aromatic N) is 6. The Morgan fingerprint density at radius 1 is 0.227 bits per heavy atom. The van der Waals surface area contributed by atoms with E-state index in [2.05, 4.69) is 240 Å². The Bertz CT molecular complexity index is 5190. The third kappa shape index (κ3) is 8.84. The monoisotopic (exact) mass is 1160 g/mol. The Morgan fingerprint density at radius 2 is 0.534 bits per heavy atom. The van der Waals surface area contributed by atoms with Crippen LogP contribution in [0.4, 0.5) is 0 Å². The van der Waals surface area contributed by atoms with Gasteiger partial charge in [-0.1, -0.05) is 218 Å². The second-order valence-electron chi connectivity index (χ2n) is 22.1. The highest BCUT2D eigenvalue weighted by atomic mass is 32.1. The quantitative estimate of drug-likeness (QED) is 0.152. The minimum Gasteiger partial charge on any atom is -0.309 e. The molecule has 18 rings (SSSR count). The lowest BCUT2D eigenvalue weighted by Crippen LogP contribution is -1.97. The summed E-state index contributed by atoms with van der Waals surface area (Å²) in [6, 6.07) is 107. The van der Waals surface area contributed by atoms with Crippen LogP contribution in [0, 0.1) is 0 Å². The van der Waals surface area contributed by atoms with Crippen LogP contribution in [0.15, 0.2) is 303 Å². The summed E-state index contributed by atoms with van der Waals surface area (Å²) in [5.41, 5.74) is 17.0. The second kappa shape index (κ2) is 21.4.